The van der Waals surface area contributed by atoms with Gasteiger partial charge in [-0.1, -0.05) is 42.5 Å². The van der Waals surface area contributed by atoms with Crippen molar-refractivity contribution in [2.24, 2.45) is 0 Å². The molecule has 1 aliphatic heterocycles. The van der Waals surface area contributed by atoms with Crippen LogP contribution >= 0.6 is 15.9 Å². The minimum Gasteiger partial charge on any atom is -0.451 e. The Morgan fingerprint density at radius 2 is 2.06 bits per heavy atom. The molecule has 0 saturated heterocycles. The Bertz CT molecular complexity index is 465. The Morgan fingerprint density at radius 3 is 2.65 bits per heavy atom. The number of aliphatic hydroxyl groups excluding tert-OH is 1. The van der Waals surface area contributed by atoms with Crippen molar-refractivity contribution in [1.29, 1.82) is 0 Å². The Morgan fingerprint density at radius 1 is 1.35 bits per heavy atom. The van der Waals surface area contributed by atoms with Crippen LogP contribution in [0.25, 0.3) is 6.08 Å². The van der Waals surface area contributed by atoms with E-state index in [4.69, 9.17) is 4.74 Å². The number of cyclic esters (lactones) is 1. The molecule has 17 heavy (non-hydrogen) atoms. The number of hydrogen-bond donors (Lipinski definition) is 1. The third-order valence-corrected chi connectivity index (χ3v) is 2.96. The summed E-state index contributed by atoms with van der Waals surface area (Å²) in [6.45, 7) is 0. The lowest BCUT2D eigenvalue weighted by Crippen LogP contribution is -2.23. The van der Waals surface area contributed by atoms with E-state index in [9.17, 15) is 9.90 Å². The van der Waals surface area contributed by atoms with Gasteiger partial charge in [-0.2, -0.15) is 0 Å². The predicted molar refractivity (Wildman–Crippen MR) is 68.4 cm³/mol. The smallest absolute Gasteiger partial charge is 0.345 e. The van der Waals surface area contributed by atoms with Gasteiger partial charge in [0.2, 0.25) is 0 Å². The van der Waals surface area contributed by atoms with Gasteiger partial charge in [0.05, 0.1) is 0 Å². The van der Waals surface area contributed by atoms with Crippen molar-refractivity contribution < 1.29 is 14.6 Å². The Labute approximate surface area is 108 Å². The minimum atomic E-state index is -0.839. The highest BCUT2D eigenvalue weighted by Gasteiger charge is 2.27. The van der Waals surface area contributed by atoms with E-state index in [1.807, 2.05) is 30.3 Å². The topological polar surface area (TPSA) is 46.5 Å². The fraction of sp³-hybridized carbons (Fsp3) is 0.154. The number of carbonyl (C=O) groups excluding carboxylic acids is 1. The summed E-state index contributed by atoms with van der Waals surface area (Å²) in [5, 5.41) is 9.82. The first-order valence-electron chi connectivity index (χ1n) is 5.16. The summed E-state index contributed by atoms with van der Waals surface area (Å²) in [7, 11) is 0. The fourth-order valence-electron chi connectivity index (χ4n) is 1.48. The van der Waals surface area contributed by atoms with Crippen LogP contribution in [0.3, 0.4) is 0 Å². The van der Waals surface area contributed by atoms with E-state index in [1.54, 1.807) is 18.2 Å². The van der Waals surface area contributed by atoms with E-state index in [-0.39, 0.29) is 0 Å². The summed E-state index contributed by atoms with van der Waals surface area (Å²) in [6.07, 6.45) is 3.50. The zero-order valence-electron chi connectivity index (χ0n) is 8.92. The third kappa shape index (κ3) is 3.05. The summed E-state index contributed by atoms with van der Waals surface area (Å²) >= 11 is 3.06. The number of hydrogen-bond acceptors (Lipinski definition) is 3. The van der Waals surface area contributed by atoms with Crippen LogP contribution in [0.2, 0.25) is 0 Å². The maximum absolute atomic E-state index is 11.1. The zero-order valence-corrected chi connectivity index (χ0v) is 10.5. The summed E-state index contributed by atoms with van der Waals surface area (Å²) in [5.74, 6) is -0.442. The van der Waals surface area contributed by atoms with Crippen LogP contribution in [-0.4, -0.2) is 23.3 Å². The Balaban J connectivity index is 2.01. The van der Waals surface area contributed by atoms with Gasteiger partial charge < -0.3 is 9.84 Å². The largest absolute Gasteiger partial charge is 0.451 e. The molecule has 0 bridgehead atoms. The molecule has 0 radical (unpaired) electrons. The van der Waals surface area contributed by atoms with Crippen molar-refractivity contribution in [1.82, 2.24) is 0 Å². The Hall–Kier alpha value is -1.39. The van der Waals surface area contributed by atoms with Gasteiger partial charge in [0.25, 0.3) is 0 Å². The van der Waals surface area contributed by atoms with Crippen LogP contribution in [0.5, 0.6) is 0 Å². The molecule has 1 N–H and O–H groups in total. The SMILES string of the molecule is O=C1O[C@@H]([C@H](O)/C=C/c2ccccc2)C=C1Br. The van der Waals surface area contributed by atoms with E-state index < -0.39 is 18.2 Å². The first-order valence-corrected chi connectivity index (χ1v) is 5.96. The van der Waals surface area contributed by atoms with Gasteiger partial charge in [-0.25, -0.2) is 4.79 Å². The number of ether oxygens (including phenoxy) is 1. The molecule has 1 aromatic rings. The lowest BCUT2D eigenvalue weighted by Gasteiger charge is -2.11. The second-order valence-electron chi connectivity index (χ2n) is 3.64. The van der Waals surface area contributed by atoms with E-state index in [0.717, 1.165) is 5.56 Å². The van der Waals surface area contributed by atoms with Crippen molar-refractivity contribution >= 4 is 28.0 Å². The maximum atomic E-state index is 11.1. The van der Waals surface area contributed by atoms with Crippen LogP contribution in [-0.2, 0) is 9.53 Å². The number of benzene rings is 1. The average molecular weight is 295 g/mol. The quantitative estimate of drug-likeness (QED) is 0.870. The lowest BCUT2D eigenvalue weighted by atomic mass is 10.1. The average Bonchev–Trinajstić information content (AvgIpc) is 2.68. The van der Waals surface area contributed by atoms with Crippen LogP contribution < -0.4 is 0 Å². The predicted octanol–water partition coefficient (Wildman–Crippen LogP) is 2.26. The summed E-state index contributed by atoms with van der Waals surface area (Å²) < 4.78 is 5.30. The normalized spacial score (nSPS) is 21.4. The lowest BCUT2D eigenvalue weighted by molar-refractivity contribution is -0.141. The number of halogens is 1. The van der Waals surface area contributed by atoms with Gasteiger partial charge in [0.15, 0.2) is 6.10 Å². The van der Waals surface area contributed by atoms with Gasteiger partial charge in [0.1, 0.15) is 10.6 Å². The van der Waals surface area contributed by atoms with E-state index >= 15 is 0 Å². The standard InChI is InChI=1S/C13H11BrO3/c14-10-8-12(17-13(10)16)11(15)7-6-9-4-2-1-3-5-9/h1-8,11-12,15H/b7-6+/t11-,12-/m1/s1. The maximum Gasteiger partial charge on any atom is 0.345 e. The third-order valence-electron chi connectivity index (χ3n) is 2.37. The molecule has 88 valence electrons. The second-order valence-corrected chi connectivity index (χ2v) is 4.50. The highest BCUT2D eigenvalue weighted by atomic mass is 79.9. The molecule has 1 heterocycles. The molecular formula is C13H11BrO3. The van der Waals surface area contributed by atoms with Crippen molar-refractivity contribution in [3.05, 3.63) is 52.5 Å². The van der Waals surface area contributed by atoms with E-state index in [0.29, 0.717) is 4.48 Å². The second kappa shape index (κ2) is 5.29. The molecule has 0 saturated carbocycles. The zero-order chi connectivity index (χ0) is 12.3. The van der Waals surface area contributed by atoms with Crippen molar-refractivity contribution in [2.75, 3.05) is 0 Å². The van der Waals surface area contributed by atoms with Gasteiger partial charge in [-0.3, -0.25) is 0 Å². The number of rotatable bonds is 3. The number of carbonyl (C=O) groups is 1. The van der Waals surface area contributed by atoms with E-state index in [1.165, 1.54) is 0 Å². The molecule has 2 rings (SSSR count). The molecule has 4 heteroatoms. The molecule has 0 amide bonds. The van der Waals surface area contributed by atoms with Gasteiger partial charge in [0, 0.05) is 0 Å². The summed E-state index contributed by atoms with van der Waals surface area (Å²) in [5.41, 5.74) is 0.985. The van der Waals surface area contributed by atoms with Crippen molar-refractivity contribution in [3.63, 3.8) is 0 Å². The molecule has 0 unspecified atom stereocenters. The molecular weight excluding hydrogens is 284 g/mol. The van der Waals surface area contributed by atoms with Crippen LogP contribution in [0.4, 0.5) is 0 Å². The summed E-state index contributed by atoms with van der Waals surface area (Å²) in [6, 6.07) is 9.61. The molecule has 0 aromatic heterocycles. The van der Waals surface area contributed by atoms with Crippen LogP contribution in [0, 0.1) is 0 Å². The van der Waals surface area contributed by atoms with E-state index in [2.05, 4.69) is 15.9 Å². The molecule has 2 atom stereocenters. The first-order chi connectivity index (χ1) is 8.16. The monoisotopic (exact) mass is 294 g/mol. The fourth-order valence-corrected chi connectivity index (χ4v) is 1.83. The number of aliphatic hydroxyl groups is 1. The Kier molecular flexibility index (Phi) is 3.76. The number of esters is 1. The molecule has 0 spiro atoms. The molecule has 0 aliphatic carbocycles. The van der Waals surface area contributed by atoms with Gasteiger partial charge in [-0.15, -0.1) is 0 Å². The first kappa shape index (κ1) is 12.1. The van der Waals surface area contributed by atoms with Crippen LogP contribution in [0.1, 0.15) is 5.56 Å². The summed E-state index contributed by atoms with van der Waals surface area (Å²) in [4.78, 5) is 11.1. The van der Waals surface area contributed by atoms with Crippen molar-refractivity contribution in [2.45, 2.75) is 12.2 Å². The highest BCUT2D eigenvalue weighted by Crippen LogP contribution is 2.21. The minimum absolute atomic E-state index is 0.356. The molecule has 0 fully saturated rings. The van der Waals surface area contributed by atoms with Crippen LogP contribution in [0.15, 0.2) is 47.0 Å². The van der Waals surface area contributed by atoms with Crippen molar-refractivity contribution in [3.8, 4) is 0 Å². The van der Waals surface area contributed by atoms with Gasteiger partial charge in [-0.05, 0) is 27.6 Å². The van der Waals surface area contributed by atoms with Gasteiger partial charge >= 0.3 is 5.97 Å². The highest BCUT2D eigenvalue weighted by molar-refractivity contribution is 9.12. The molecule has 1 aliphatic rings. The molecule has 3 nitrogen and oxygen atoms in total. The molecule has 1 aromatic carbocycles.